The van der Waals surface area contributed by atoms with Crippen molar-refractivity contribution in [3.05, 3.63) is 28.8 Å². The van der Waals surface area contributed by atoms with Crippen LogP contribution in [0.3, 0.4) is 0 Å². The van der Waals surface area contributed by atoms with Gasteiger partial charge >= 0.3 is 5.97 Å². The lowest BCUT2D eigenvalue weighted by Gasteiger charge is -2.18. The molecule has 0 amide bonds. The van der Waals surface area contributed by atoms with E-state index in [2.05, 4.69) is 19.2 Å². The average molecular weight is 314 g/mol. The first kappa shape index (κ1) is 17.8. The number of nitrogens with one attached hydrogen (secondary N) is 1. The molecule has 0 heterocycles. The number of benzene rings is 1. The number of carbonyl (C=O) groups is 1. The molecule has 5 heteroatoms. The van der Waals surface area contributed by atoms with Crippen LogP contribution in [0.2, 0.25) is 5.02 Å². The summed E-state index contributed by atoms with van der Waals surface area (Å²) in [5.41, 5.74) is 1.06. The topological polar surface area (TPSA) is 58.6 Å². The Morgan fingerprint density at radius 1 is 1.38 bits per heavy atom. The maximum absolute atomic E-state index is 11.1. The summed E-state index contributed by atoms with van der Waals surface area (Å²) in [4.78, 5) is 11.1. The zero-order valence-corrected chi connectivity index (χ0v) is 13.6. The predicted molar refractivity (Wildman–Crippen MR) is 85.1 cm³/mol. The van der Waals surface area contributed by atoms with Crippen LogP contribution < -0.4 is 10.1 Å². The van der Waals surface area contributed by atoms with Crippen molar-refractivity contribution in [1.29, 1.82) is 0 Å². The number of rotatable bonds is 9. The highest BCUT2D eigenvalue weighted by Crippen LogP contribution is 2.29. The van der Waals surface area contributed by atoms with Gasteiger partial charge < -0.3 is 15.2 Å². The molecule has 1 aromatic carbocycles. The van der Waals surface area contributed by atoms with Crippen LogP contribution in [0.15, 0.2) is 18.2 Å². The van der Waals surface area contributed by atoms with Gasteiger partial charge in [0.1, 0.15) is 5.75 Å². The van der Waals surface area contributed by atoms with Gasteiger partial charge in [0.15, 0.2) is 6.10 Å². The fraction of sp³-hybridized carbons (Fsp3) is 0.562. The van der Waals surface area contributed by atoms with E-state index < -0.39 is 12.1 Å². The molecular formula is C16H24ClNO3. The van der Waals surface area contributed by atoms with Crippen LogP contribution in [0.4, 0.5) is 0 Å². The monoisotopic (exact) mass is 313 g/mol. The molecule has 0 aliphatic rings. The normalized spacial score (nSPS) is 13.7. The van der Waals surface area contributed by atoms with Crippen molar-refractivity contribution >= 4 is 17.6 Å². The van der Waals surface area contributed by atoms with E-state index in [4.69, 9.17) is 21.4 Å². The van der Waals surface area contributed by atoms with Crippen LogP contribution in [0.1, 0.15) is 51.6 Å². The number of hydrogen-bond donors (Lipinski definition) is 2. The molecule has 0 bridgehead atoms. The molecule has 0 saturated carbocycles. The van der Waals surface area contributed by atoms with E-state index in [0.29, 0.717) is 17.2 Å². The Labute approximate surface area is 131 Å². The Hall–Kier alpha value is -1.26. The fourth-order valence-electron chi connectivity index (χ4n) is 2.01. The van der Waals surface area contributed by atoms with Gasteiger partial charge in [-0.05, 0) is 44.0 Å². The molecular weight excluding hydrogens is 290 g/mol. The summed E-state index contributed by atoms with van der Waals surface area (Å²) >= 11 is 6.21. The van der Waals surface area contributed by atoms with Crippen molar-refractivity contribution < 1.29 is 14.6 Å². The van der Waals surface area contributed by atoms with E-state index in [9.17, 15) is 4.79 Å². The molecule has 21 heavy (non-hydrogen) atoms. The van der Waals surface area contributed by atoms with Crippen molar-refractivity contribution in [2.75, 3.05) is 6.54 Å². The first-order chi connectivity index (χ1) is 9.99. The zero-order chi connectivity index (χ0) is 15.8. The minimum atomic E-state index is -0.963. The molecule has 1 aromatic rings. The van der Waals surface area contributed by atoms with Gasteiger partial charge in [-0.15, -0.1) is 0 Å². The highest BCUT2D eigenvalue weighted by atomic mass is 35.5. The minimum absolute atomic E-state index is 0.197. The highest BCUT2D eigenvalue weighted by Gasteiger charge is 2.19. The third kappa shape index (κ3) is 5.56. The maximum atomic E-state index is 11.1. The molecule has 118 valence electrons. The van der Waals surface area contributed by atoms with Gasteiger partial charge in [-0.1, -0.05) is 37.9 Å². The van der Waals surface area contributed by atoms with E-state index in [1.54, 1.807) is 6.07 Å². The number of carboxylic acids is 1. The van der Waals surface area contributed by atoms with Crippen LogP contribution >= 0.6 is 11.6 Å². The van der Waals surface area contributed by atoms with Crippen LogP contribution in [-0.2, 0) is 4.79 Å². The summed E-state index contributed by atoms with van der Waals surface area (Å²) in [5.74, 6) is -0.543. The van der Waals surface area contributed by atoms with Crippen molar-refractivity contribution in [2.24, 2.45) is 0 Å². The average Bonchev–Trinajstić information content (AvgIpc) is 2.45. The number of ether oxygens (including phenoxy) is 1. The second kappa shape index (κ2) is 8.90. The lowest BCUT2D eigenvalue weighted by molar-refractivity contribution is -0.145. The molecule has 2 atom stereocenters. The molecule has 0 aromatic heterocycles. The summed E-state index contributed by atoms with van der Waals surface area (Å²) in [7, 11) is 0. The van der Waals surface area contributed by atoms with Gasteiger partial charge in [0.2, 0.25) is 0 Å². The van der Waals surface area contributed by atoms with Crippen LogP contribution in [0.5, 0.6) is 5.75 Å². The van der Waals surface area contributed by atoms with Gasteiger partial charge in [-0.3, -0.25) is 0 Å². The first-order valence-electron chi connectivity index (χ1n) is 7.41. The summed E-state index contributed by atoms with van der Waals surface area (Å²) in [6.45, 7) is 7.04. The number of hydrogen-bond acceptors (Lipinski definition) is 3. The second-order valence-electron chi connectivity index (χ2n) is 5.10. The fourth-order valence-corrected chi connectivity index (χ4v) is 2.24. The summed E-state index contributed by atoms with van der Waals surface area (Å²) < 4.78 is 5.51. The van der Waals surface area contributed by atoms with Crippen molar-refractivity contribution in [3.63, 3.8) is 0 Å². The van der Waals surface area contributed by atoms with Gasteiger partial charge in [0, 0.05) is 6.04 Å². The summed E-state index contributed by atoms with van der Waals surface area (Å²) in [6, 6.07) is 5.68. The minimum Gasteiger partial charge on any atom is -0.479 e. The van der Waals surface area contributed by atoms with Crippen molar-refractivity contribution in [3.8, 4) is 5.75 Å². The lowest BCUT2D eigenvalue weighted by Crippen LogP contribution is -2.26. The first-order valence-corrected chi connectivity index (χ1v) is 7.79. The Kier molecular flexibility index (Phi) is 7.54. The molecule has 0 saturated heterocycles. The third-order valence-electron chi connectivity index (χ3n) is 3.25. The molecule has 0 fully saturated rings. The van der Waals surface area contributed by atoms with Crippen molar-refractivity contribution in [2.45, 2.75) is 52.2 Å². The molecule has 0 radical (unpaired) electrons. The molecule has 2 unspecified atom stereocenters. The van der Waals surface area contributed by atoms with Gasteiger partial charge in [0.25, 0.3) is 0 Å². The Balaban J connectivity index is 2.79. The molecule has 0 spiro atoms. The van der Waals surface area contributed by atoms with Crippen LogP contribution in [0.25, 0.3) is 0 Å². The van der Waals surface area contributed by atoms with Gasteiger partial charge in [-0.25, -0.2) is 4.79 Å². The van der Waals surface area contributed by atoms with Crippen LogP contribution in [-0.4, -0.2) is 23.7 Å². The standard InChI is InChI=1S/C16H24ClNO3/c1-4-6-15(16(19)20)21-14-8-7-12(10-13(14)17)11(3)18-9-5-2/h7-8,10-11,15,18H,4-6,9H2,1-3H3,(H,19,20). The van der Waals surface area contributed by atoms with E-state index in [1.807, 2.05) is 19.1 Å². The van der Waals surface area contributed by atoms with E-state index in [-0.39, 0.29) is 6.04 Å². The molecule has 4 nitrogen and oxygen atoms in total. The predicted octanol–water partition coefficient (Wildman–Crippen LogP) is 4.03. The smallest absolute Gasteiger partial charge is 0.344 e. The van der Waals surface area contributed by atoms with Crippen LogP contribution in [0, 0.1) is 0 Å². The SMILES string of the molecule is CCCNC(C)c1ccc(OC(CCC)C(=O)O)c(Cl)c1. The van der Waals surface area contributed by atoms with E-state index in [1.165, 1.54) is 0 Å². The number of aliphatic carboxylic acids is 1. The molecule has 0 aliphatic heterocycles. The maximum Gasteiger partial charge on any atom is 0.344 e. The lowest BCUT2D eigenvalue weighted by atomic mass is 10.1. The molecule has 0 aliphatic carbocycles. The number of carboxylic acid groups (broad SMARTS) is 1. The van der Waals surface area contributed by atoms with Crippen molar-refractivity contribution in [1.82, 2.24) is 5.32 Å². The number of halogens is 1. The Morgan fingerprint density at radius 2 is 2.10 bits per heavy atom. The molecule has 1 rings (SSSR count). The largest absolute Gasteiger partial charge is 0.479 e. The van der Waals surface area contributed by atoms with E-state index >= 15 is 0 Å². The third-order valence-corrected chi connectivity index (χ3v) is 3.55. The summed E-state index contributed by atoms with van der Waals surface area (Å²) in [6.07, 6.45) is 1.41. The highest BCUT2D eigenvalue weighted by molar-refractivity contribution is 6.32. The Morgan fingerprint density at radius 3 is 2.62 bits per heavy atom. The summed E-state index contributed by atoms with van der Waals surface area (Å²) in [5, 5.41) is 12.9. The van der Waals surface area contributed by atoms with Gasteiger partial charge in [-0.2, -0.15) is 0 Å². The van der Waals surface area contributed by atoms with E-state index in [0.717, 1.165) is 24.9 Å². The molecule has 2 N–H and O–H groups in total. The second-order valence-corrected chi connectivity index (χ2v) is 5.51. The Bertz CT molecular complexity index is 465. The van der Waals surface area contributed by atoms with Gasteiger partial charge in [0.05, 0.1) is 5.02 Å². The zero-order valence-electron chi connectivity index (χ0n) is 12.9. The quantitative estimate of drug-likeness (QED) is 0.722.